The molecule has 0 aliphatic heterocycles. The van der Waals surface area contributed by atoms with Crippen LogP contribution in [0.2, 0.25) is 0 Å². The minimum atomic E-state index is -0.0487. The van der Waals surface area contributed by atoms with Gasteiger partial charge in [0.15, 0.2) is 5.96 Å². The number of hydrogen-bond acceptors (Lipinski definition) is 4. The highest BCUT2D eigenvalue weighted by Gasteiger charge is 2.08. The van der Waals surface area contributed by atoms with E-state index in [1.54, 1.807) is 7.05 Å². The second kappa shape index (κ2) is 16.3. The molecule has 2 rings (SSSR count). The number of aryl methyl sites for hydroxylation is 1. The van der Waals surface area contributed by atoms with Crippen molar-refractivity contribution in [1.29, 1.82) is 0 Å². The molecule has 0 saturated heterocycles. The molecule has 0 atom stereocenters. The molecular formula is C25H37IN4O3. The zero-order valence-electron chi connectivity index (χ0n) is 20.1. The SMILES string of the molecule is CCCNC(=O)c1cccc(CNC(=NC)NCc2ccc(C)cc2OCCOCC)c1.I. The van der Waals surface area contributed by atoms with Crippen molar-refractivity contribution in [2.45, 2.75) is 40.3 Å². The van der Waals surface area contributed by atoms with Crippen LogP contribution in [0.25, 0.3) is 0 Å². The lowest BCUT2D eigenvalue weighted by Crippen LogP contribution is -2.36. The van der Waals surface area contributed by atoms with Gasteiger partial charge in [-0.3, -0.25) is 9.79 Å². The summed E-state index contributed by atoms with van der Waals surface area (Å²) in [7, 11) is 1.73. The van der Waals surface area contributed by atoms with E-state index in [0.29, 0.717) is 51.0 Å². The molecule has 0 fully saturated rings. The maximum atomic E-state index is 12.2. The molecule has 3 N–H and O–H groups in total. The van der Waals surface area contributed by atoms with Crippen molar-refractivity contribution in [1.82, 2.24) is 16.0 Å². The summed E-state index contributed by atoms with van der Waals surface area (Å²) in [4.78, 5) is 16.5. The van der Waals surface area contributed by atoms with Crippen LogP contribution >= 0.6 is 24.0 Å². The molecule has 0 heterocycles. The molecule has 2 aromatic carbocycles. The summed E-state index contributed by atoms with van der Waals surface area (Å²) < 4.78 is 11.3. The Hall–Kier alpha value is -2.33. The largest absolute Gasteiger partial charge is 0.491 e. The lowest BCUT2D eigenvalue weighted by atomic mass is 10.1. The van der Waals surface area contributed by atoms with Gasteiger partial charge in [0.05, 0.1) is 6.61 Å². The zero-order valence-corrected chi connectivity index (χ0v) is 22.4. The summed E-state index contributed by atoms with van der Waals surface area (Å²) in [6.45, 7) is 9.61. The van der Waals surface area contributed by atoms with E-state index < -0.39 is 0 Å². The molecule has 0 aromatic heterocycles. The highest BCUT2D eigenvalue weighted by molar-refractivity contribution is 14.0. The van der Waals surface area contributed by atoms with E-state index >= 15 is 0 Å². The van der Waals surface area contributed by atoms with Gasteiger partial charge in [0, 0.05) is 44.4 Å². The second-order valence-electron chi connectivity index (χ2n) is 7.39. The zero-order chi connectivity index (χ0) is 23.2. The van der Waals surface area contributed by atoms with E-state index in [-0.39, 0.29) is 29.9 Å². The number of benzene rings is 2. The van der Waals surface area contributed by atoms with Crippen LogP contribution in [0.15, 0.2) is 47.5 Å². The van der Waals surface area contributed by atoms with Crippen LogP contribution in [0, 0.1) is 6.92 Å². The first-order valence-electron chi connectivity index (χ1n) is 11.2. The van der Waals surface area contributed by atoms with Crippen LogP contribution in [-0.2, 0) is 17.8 Å². The summed E-state index contributed by atoms with van der Waals surface area (Å²) in [5.74, 6) is 1.47. The van der Waals surface area contributed by atoms with Crippen LogP contribution < -0.4 is 20.7 Å². The topological polar surface area (TPSA) is 84.0 Å². The summed E-state index contributed by atoms with van der Waals surface area (Å²) in [5, 5.41) is 9.54. The van der Waals surface area contributed by atoms with Crippen molar-refractivity contribution in [2.75, 3.05) is 33.4 Å². The Balaban J connectivity index is 0.00000544. The Morgan fingerprint density at radius 1 is 1.00 bits per heavy atom. The second-order valence-corrected chi connectivity index (χ2v) is 7.39. The molecule has 0 aliphatic rings. The number of halogens is 1. The molecule has 1 amide bonds. The van der Waals surface area contributed by atoms with Gasteiger partial charge in [-0.15, -0.1) is 24.0 Å². The summed E-state index contributed by atoms with van der Waals surface area (Å²) in [6.07, 6.45) is 0.912. The van der Waals surface area contributed by atoms with Crippen LogP contribution in [0.5, 0.6) is 5.75 Å². The van der Waals surface area contributed by atoms with Gasteiger partial charge in [0.25, 0.3) is 5.91 Å². The van der Waals surface area contributed by atoms with E-state index in [0.717, 1.165) is 28.9 Å². The number of rotatable bonds is 12. The maximum Gasteiger partial charge on any atom is 0.251 e. The van der Waals surface area contributed by atoms with Crippen molar-refractivity contribution in [3.05, 3.63) is 64.7 Å². The number of guanidine groups is 1. The van der Waals surface area contributed by atoms with Crippen molar-refractivity contribution in [3.8, 4) is 5.75 Å². The van der Waals surface area contributed by atoms with Gasteiger partial charge in [-0.05, 0) is 49.6 Å². The van der Waals surface area contributed by atoms with E-state index in [1.165, 1.54) is 0 Å². The van der Waals surface area contributed by atoms with Crippen LogP contribution in [0.3, 0.4) is 0 Å². The van der Waals surface area contributed by atoms with E-state index in [1.807, 2.05) is 51.1 Å². The van der Waals surface area contributed by atoms with Crippen LogP contribution in [-0.4, -0.2) is 45.3 Å². The molecule has 0 bridgehead atoms. The predicted octanol–water partition coefficient (Wildman–Crippen LogP) is 4.03. The number of nitrogens with one attached hydrogen (secondary N) is 3. The summed E-state index contributed by atoms with van der Waals surface area (Å²) >= 11 is 0. The van der Waals surface area contributed by atoms with Gasteiger partial charge < -0.3 is 25.4 Å². The molecule has 182 valence electrons. The molecule has 33 heavy (non-hydrogen) atoms. The van der Waals surface area contributed by atoms with Crippen LogP contribution in [0.1, 0.15) is 47.3 Å². The first-order chi connectivity index (χ1) is 15.6. The Kier molecular flexibility index (Phi) is 14.2. The van der Waals surface area contributed by atoms with Gasteiger partial charge in [-0.2, -0.15) is 0 Å². The lowest BCUT2D eigenvalue weighted by Gasteiger charge is -2.16. The van der Waals surface area contributed by atoms with E-state index in [9.17, 15) is 4.79 Å². The third-order valence-corrected chi connectivity index (χ3v) is 4.77. The van der Waals surface area contributed by atoms with Gasteiger partial charge in [-0.25, -0.2) is 0 Å². The number of ether oxygens (including phenoxy) is 2. The quantitative estimate of drug-likeness (QED) is 0.156. The molecule has 0 spiro atoms. The summed E-state index contributed by atoms with van der Waals surface area (Å²) in [6, 6.07) is 13.8. The monoisotopic (exact) mass is 568 g/mol. The molecular weight excluding hydrogens is 531 g/mol. The van der Waals surface area contributed by atoms with Gasteiger partial charge >= 0.3 is 0 Å². The van der Waals surface area contributed by atoms with Crippen LogP contribution in [0.4, 0.5) is 0 Å². The predicted molar refractivity (Wildman–Crippen MR) is 145 cm³/mol. The Labute approximate surface area is 214 Å². The minimum absolute atomic E-state index is 0. The number of aliphatic imine (C=N–C) groups is 1. The molecule has 0 saturated carbocycles. The van der Waals surface area contributed by atoms with Crippen molar-refractivity contribution in [2.24, 2.45) is 4.99 Å². The Morgan fingerprint density at radius 3 is 2.52 bits per heavy atom. The number of carbonyl (C=O) groups excluding carboxylic acids is 1. The highest BCUT2D eigenvalue weighted by Crippen LogP contribution is 2.20. The summed E-state index contributed by atoms with van der Waals surface area (Å²) in [5.41, 5.74) is 3.86. The molecule has 0 radical (unpaired) electrons. The average Bonchev–Trinajstić information content (AvgIpc) is 2.81. The highest BCUT2D eigenvalue weighted by atomic mass is 127. The minimum Gasteiger partial charge on any atom is -0.491 e. The maximum absolute atomic E-state index is 12.2. The molecule has 8 heteroatoms. The number of amides is 1. The molecule has 2 aromatic rings. The third-order valence-electron chi connectivity index (χ3n) is 4.77. The number of carbonyl (C=O) groups is 1. The van der Waals surface area contributed by atoms with E-state index in [2.05, 4.69) is 33.1 Å². The standard InChI is InChI=1S/C25H36N4O3.HI/c1-5-12-27-24(30)21-9-7-8-20(16-21)17-28-25(26-4)29-18-22-11-10-19(3)15-23(22)32-14-13-31-6-2;/h7-11,15-16H,5-6,12-14,17-18H2,1-4H3,(H,27,30)(H2,26,28,29);1H. The van der Waals surface area contributed by atoms with Gasteiger partial charge in [0.2, 0.25) is 0 Å². The molecule has 7 nitrogen and oxygen atoms in total. The Morgan fingerprint density at radius 2 is 1.79 bits per heavy atom. The first-order valence-corrected chi connectivity index (χ1v) is 11.2. The Bertz CT molecular complexity index is 890. The fraction of sp³-hybridized carbons (Fsp3) is 0.440. The molecule has 0 aliphatic carbocycles. The number of hydrogen-bond donors (Lipinski definition) is 3. The molecule has 0 unspecified atom stereocenters. The average molecular weight is 569 g/mol. The normalized spacial score (nSPS) is 10.8. The fourth-order valence-electron chi connectivity index (χ4n) is 3.05. The van der Waals surface area contributed by atoms with Crippen molar-refractivity contribution >= 4 is 35.8 Å². The van der Waals surface area contributed by atoms with Gasteiger partial charge in [0.1, 0.15) is 12.4 Å². The van der Waals surface area contributed by atoms with Gasteiger partial charge in [-0.1, -0.05) is 31.2 Å². The fourth-order valence-corrected chi connectivity index (χ4v) is 3.05. The van der Waals surface area contributed by atoms with Crippen molar-refractivity contribution < 1.29 is 14.3 Å². The first kappa shape index (κ1) is 28.7. The third kappa shape index (κ3) is 10.4. The van der Waals surface area contributed by atoms with Crippen molar-refractivity contribution in [3.63, 3.8) is 0 Å². The van der Waals surface area contributed by atoms with E-state index in [4.69, 9.17) is 9.47 Å². The lowest BCUT2D eigenvalue weighted by molar-refractivity contribution is 0.0953. The number of nitrogens with zero attached hydrogens (tertiary/aromatic N) is 1. The smallest absolute Gasteiger partial charge is 0.251 e.